The molecular weight excluding hydrogens is 506 g/mol. The Morgan fingerprint density at radius 1 is 1.23 bits per heavy atom. The number of hydrogen-bond donors (Lipinski definition) is 0. The average Bonchev–Trinajstić information content (AvgIpc) is 2.04. The van der Waals surface area contributed by atoms with Crippen LogP contribution in [-0.2, 0) is 0 Å². The molecule has 0 spiro atoms. The van der Waals surface area contributed by atoms with Crippen molar-refractivity contribution in [2.75, 3.05) is 6.61 Å². The second-order valence-corrected chi connectivity index (χ2v) is 43.1. The van der Waals surface area contributed by atoms with Gasteiger partial charge in [0.25, 0.3) is 0 Å². The summed E-state index contributed by atoms with van der Waals surface area (Å²) in [4.78, 5) is 2.37. The summed E-state index contributed by atoms with van der Waals surface area (Å²) >= 11 is 5.22. The number of halogens is 2. The van der Waals surface area contributed by atoms with Crippen LogP contribution in [0, 0.1) is 0 Å². The van der Waals surface area contributed by atoms with Gasteiger partial charge in [-0.2, -0.15) is 0 Å². The van der Waals surface area contributed by atoms with E-state index in [1.165, 1.54) is 3.61 Å². The second kappa shape index (κ2) is 5.38. The van der Waals surface area contributed by atoms with Crippen LogP contribution >= 0.6 is 37.4 Å². The van der Waals surface area contributed by atoms with E-state index in [1.807, 2.05) is 6.92 Å². The van der Waals surface area contributed by atoms with E-state index in [-0.39, 0.29) is 0 Å². The van der Waals surface area contributed by atoms with E-state index in [9.17, 15) is 0 Å². The molecule has 4 heteroatoms. The molecule has 1 nitrogen and oxygen atoms in total. The molecule has 0 aliphatic carbocycles. The number of rotatable bonds is 3. The Morgan fingerprint density at radius 2 is 1.77 bits per heavy atom. The van der Waals surface area contributed by atoms with Crippen LogP contribution in [0.5, 0.6) is 5.75 Å². The number of hydrogen-bond acceptors (Lipinski definition) is 1. The van der Waals surface area contributed by atoms with Crippen LogP contribution in [-0.4, -0.2) is 16.9 Å². The van der Waals surface area contributed by atoms with E-state index in [1.54, 1.807) is 0 Å². The van der Waals surface area contributed by atoms with E-state index < -0.39 is 10.3 Å². The molecule has 74 valence electrons. The first-order valence-corrected chi connectivity index (χ1v) is 21.0. The van der Waals surface area contributed by atoms with E-state index in [4.69, 9.17) is 4.74 Å². The van der Waals surface area contributed by atoms with Crippen molar-refractivity contribution < 1.29 is 4.74 Å². The molecule has 0 fully saturated rings. The molecule has 0 saturated carbocycles. The molecule has 0 atom stereocenters. The first kappa shape index (κ1) is 12.3. The Kier molecular flexibility index (Phi) is 5.11. The monoisotopic (exact) mass is 520 g/mol. The molecule has 0 aromatic heterocycles. The molecule has 0 unspecified atom stereocenters. The number of ether oxygens (including phenoxy) is 1. The van der Waals surface area contributed by atoms with Gasteiger partial charge < -0.3 is 0 Å². The zero-order valence-electron chi connectivity index (χ0n) is 7.59. The third-order valence-electron chi connectivity index (χ3n) is 1.55. The molecule has 13 heavy (non-hydrogen) atoms. The Bertz CT molecular complexity index is 266. The van der Waals surface area contributed by atoms with Crippen molar-refractivity contribution in [1.29, 1.82) is 0 Å². The predicted octanol–water partition coefficient (Wildman–Crippen LogP) is 3.23. The summed E-state index contributed by atoms with van der Waals surface area (Å²) in [6, 6.07) is 8.54. The van der Waals surface area contributed by atoms with Crippen LogP contribution in [0.1, 0.15) is 6.92 Å². The Hall–Kier alpha value is 1.27. The van der Waals surface area contributed by atoms with Crippen molar-refractivity contribution in [3.05, 3.63) is 24.3 Å². The van der Waals surface area contributed by atoms with Crippen LogP contribution in [0.2, 0.25) is 4.97 Å². The van der Waals surface area contributed by atoms with Gasteiger partial charge in [-0.1, -0.05) is 0 Å². The van der Waals surface area contributed by atoms with Crippen molar-refractivity contribution in [3.8, 4) is 5.75 Å². The fourth-order valence-corrected chi connectivity index (χ4v) is 6.63. The Labute approximate surface area is 103 Å². The zero-order chi connectivity index (χ0) is 9.90. The fourth-order valence-electron chi connectivity index (χ4n) is 0.941. The van der Waals surface area contributed by atoms with Gasteiger partial charge in [0, 0.05) is 0 Å². The molecule has 0 radical (unpaired) electrons. The normalized spacial score (nSPS) is 12.6. The quantitative estimate of drug-likeness (QED) is 0.442. The first-order valence-electron chi connectivity index (χ1n) is 3.94. The molecule has 1 rings (SSSR count). The molecule has 0 aliphatic rings. The summed E-state index contributed by atoms with van der Waals surface area (Å²) < 4.78 is 6.90. The maximum atomic E-state index is 5.39. The van der Waals surface area contributed by atoms with Gasteiger partial charge in [-0.3, -0.25) is 0 Å². The van der Waals surface area contributed by atoms with E-state index in [2.05, 4.69) is 66.6 Å². The molecule has 1 aromatic carbocycles. The fraction of sp³-hybridized carbons (Fsp3) is 0.333. The molecule has 0 amide bonds. The van der Waals surface area contributed by atoms with Crippen LogP contribution in [0.4, 0.5) is 0 Å². The second-order valence-electron chi connectivity index (χ2n) is 2.63. The summed E-state index contributed by atoms with van der Waals surface area (Å²) in [5.41, 5.74) is 0. The molecule has 0 N–H and O–H groups in total. The van der Waals surface area contributed by atoms with Crippen molar-refractivity contribution in [1.82, 2.24) is 0 Å². The standard InChI is InChI=1S/C9H12I2OTe/c1-3-12-8-4-6-9(7-5-8)13(2,10)11/h4-7H,3H2,1-2H3. The van der Waals surface area contributed by atoms with Crippen molar-refractivity contribution in [2.24, 2.45) is 0 Å². The van der Waals surface area contributed by atoms with Crippen molar-refractivity contribution in [3.63, 3.8) is 0 Å². The SMILES string of the molecule is CCOc1ccc([Te](C)(I)I)cc1. The third kappa shape index (κ3) is 4.10. The maximum absolute atomic E-state index is 5.39. The van der Waals surface area contributed by atoms with Crippen molar-refractivity contribution >= 4 is 51.3 Å². The Balaban J connectivity index is 2.81. The van der Waals surface area contributed by atoms with Gasteiger partial charge in [0.15, 0.2) is 0 Å². The topological polar surface area (TPSA) is 9.23 Å². The van der Waals surface area contributed by atoms with Gasteiger partial charge in [-0.15, -0.1) is 0 Å². The van der Waals surface area contributed by atoms with Crippen molar-refractivity contribution in [2.45, 2.75) is 11.9 Å². The minimum atomic E-state index is -1.70. The summed E-state index contributed by atoms with van der Waals surface area (Å²) in [5, 5.41) is 0. The van der Waals surface area contributed by atoms with Gasteiger partial charge in [0.1, 0.15) is 0 Å². The third-order valence-corrected chi connectivity index (χ3v) is 11.5. The molecule has 0 heterocycles. The van der Waals surface area contributed by atoms with Crippen LogP contribution in [0.3, 0.4) is 0 Å². The molecule has 0 aliphatic heterocycles. The molecule has 0 bridgehead atoms. The number of benzene rings is 1. The van der Waals surface area contributed by atoms with Gasteiger partial charge in [-0.05, 0) is 0 Å². The van der Waals surface area contributed by atoms with Gasteiger partial charge in [0.2, 0.25) is 0 Å². The molecule has 0 saturated heterocycles. The van der Waals surface area contributed by atoms with Gasteiger partial charge in [-0.25, -0.2) is 0 Å². The minimum absolute atomic E-state index is 0.743. The van der Waals surface area contributed by atoms with Gasteiger partial charge in [0.05, 0.1) is 0 Å². The van der Waals surface area contributed by atoms with Gasteiger partial charge >= 0.3 is 105 Å². The average molecular weight is 518 g/mol. The van der Waals surface area contributed by atoms with E-state index in [0.717, 1.165) is 12.4 Å². The summed E-state index contributed by atoms with van der Waals surface area (Å²) in [6.07, 6.45) is 0. The predicted molar refractivity (Wildman–Crippen MR) is 76.9 cm³/mol. The first-order chi connectivity index (χ1) is 6.04. The Morgan fingerprint density at radius 3 is 2.15 bits per heavy atom. The molecular formula is C9H12I2OTe. The summed E-state index contributed by atoms with van der Waals surface area (Å²) in [5.74, 6) is 0.978. The van der Waals surface area contributed by atoms with Crippen LogP contribution < -0.4 is 8.35 Å². The van der Waals surface area contributed by atoms with E-state index >= 15 is 0 Å². The van der Waals surface area contributed by atoms with Crippen LogP contribution in [0.25, 0.3) is 0 Å². The van der Waals surface area contributed by atoms with Crippen LogP contribution in [0.15, 0.2) is 24.3 Å². The summed E-state index contributed by atoms with van der Waals surface area (Å²) in [6.45, 7) is 2.75. The van der Waals surface area contributed by atoms with E-state index in [0.29, 0.717) is 0 Å². The summed E-state index contributed by atoms with van der Waals surface area (Å²) in [7, 11) is -1.70. The molecule has 1 aromatic rings. The zero-order valence-corrected chi connectivity index (χ0v) is 14.2.